The summed E-state index contributed by atoms with van der Waals surface area (Å²) < 4.78 is 0. The third-order valence-electron chi connectivity index (χ3n) is 4.60. The number of benzene rings is 2. The monoisotopic (exact) mass is 348 g/mol. The van der Waals surface area contributed by atoms with Crippen LogP contribution >= 0.6 is 0 Å². The second kappa shape index (κ2) is 6.28. The molecule has 0 aromatic heterocycles. The van der Waals surface area contributed by atoms with E-state index in [4.69, 9.17) is 0 Å². The Morgan fingerprint density at radius 1 is 0.619 bits per heavy atom. The molecule has 2 aromatic carbocycles. The topological polar surface area (TPSA) is 0 Å². The average Bonchev–Trinajstić information content (AvgIpc) is 3.09. The largest absolute Gasteiger partial charge is 0.0764 e. The van der Waals surface area contributed by atoms with Crippen LogP contribution in [0.3, 0.4) is 0 Å². The van der Waals surface area contributed by atoms with Gasteiger partial charge in [0.2, 0.25) is 0 Å². The number of hydrogen-bond donors (Lipinski definition) is 0. The number of fused-ring (bicyclic) bond motifs is 2. The predicted octanol–water partition coefficient (Wildman–Crippen LogP) is 5.39. The summed E-state index contributed by atoms with van der Waals surface area (Å²) >= 11 is 0. The molecule has 0 aliphatic heterocycles. The Bertz CT molecular complexity index is 635. The van der Waals surface area contributed by atoms with E-state index >= 15 is 0 Å². The zero-order chi connectivity index (χ0) is 13.4. The molecule has 2 atom stereocenters. The standard InChI is InChI=1S/C20H18.Zr/c1-3-7-19-15(5-1)9-11-17(19)13-14-18-12-10-16-6-2-4-8-20(16)18;/h1-12,17-18H,13-14H2;. The Labute approximate surface area is 145 Å². The first-order chi connectivity index (χ1) is 9.92. The summed E-state index contributed by atoms with van der Waals surface area (Å²) in [5.41, 5.74) is 5.81. The van der Waals surface area contributed by atoms with E-state index in [1.165, 1.54) is 35.1 Å². The minimum Gasteiger partial charge on any atom is -0.0764 e. The van der Waals surface area contributed by atoms with E-state index in [1.807, 2.05) is 0 Å². The van der Waals surface area contributed by atoms with E-state index in [0.717, 1.165) is 0 Å². The number of allylic oxidation sites excluding steroid dienone is 2. The van der Waals surface area contributed by atoms with Crippen molar-refractivity contribution in [1.29, 1.82) is 0 Å². The Kier molecular flexibility index (Phi) is 4.41. The van der Waals surface area contributed by atoms with Crippen molar-refractivity contribution in [3.63, 3.8) is 0 Å². The Hall–Kier alpha value is -1.20. The van der Waals surface area contributed by atoms with Crippen LogP contribution in [-0.4, -0.2) is 0 Å². The fraction of sp³-hybridized carbons (Fsp3) is 0.200. The fourth-order valence-electron chi connectivity index (χ4n) is 3.51. The third-order valence-corrected chi connectivity index (χ3v) is 4.60. The van der Waals surface area contributed by atoms with Crippen LogP contribution in [0.4, 0.5) is 0 Å². The molecule has 2 aliphatic carbocycles. The molecule has 1 heteroatoms. The minimum atomic E-state index is 0. The van der Waals surface area contributed by atoms with Crippen molar-refractivity contribution in [2.45, 2.75) is 24.7 Å². The van der Waals surface area contributed by atoms with Crippen LogP contribution in [0.5, 0.6) is 0 Å². The molecule has 2 unspecified atom stereocenters. The van der Waals surface area contributed by atoms with Gasteiger partial charge in [0.05, 0.1) is 0 Å². The first kappa shape index (κ1) is 14.7. The van der Waals surface area contributed by atoms with Crippen LogP contribution in [-0.2, 0) is 26.2 Å². The van der Waals surface area contributed by atoms with Gasteiger partial charge in [-0.05, 0) is 35.1 Å². The molecule has 0 bridgehead atoms. The number of hydrogen-bond acceptors (Lipinski definition) is 0. The average molecular weight is 350 g/mol. The van der Waals surface area contributed by atoms with Crippen molar-refractivity contribution in [3.8, 4) is 0 Å². The van der Waals surface area contributed by atoms with Gasteiger partial charge in [-0.1, -0.05) is 72.8 Å². The van der Waals surface area contributed by atoms with Crippen molar-refractivity contribution in [2.24, 2.45) is 0 Å². The molecule has 102 valence electrons. The molecule has 0 spiro atoms. The van der Waals surface area contributed by atoms with E-state index < -0.39 is 0 Å². The van der Waals surface area contributed by atoms with Gasteiger partial charge in [0.15, 0.2) is 0 Å². The quantitative estimate of drug-likeness (QED) is 0.697. The first-order valence-electron chi connectivity index (χ1n) is 7.46. The van der Waals surface area contributed by atoms with Crippen molar-refractivity contribution in [2.75, 3.05) is 0 Å². The van der Waals surface area contributed by atoms with Crippen LogP contribution < -0.4 is 0 Å². The second-order valence-corrected chi connectivity index (χ2v) is 5.77. The Morgan fingerprint density at radius 3 is 1.52 bits per heavy atom. The third kappa shape index (κ3) is 2.77. The fourth-order valence-corrected chi connectivity index (χ4v) is 3.51. The second-order valence-electron chi connectivity index (χ2n) is 5.77. The van der Waals surface area contributed by atoms with Crippen LogP contribution in [0.1, 0.15) is 46.9 Å². The van der Waals surface area contributed by atoms with Crippen molar-refractivity contribution >= 4 is 12.2 Å². The molecule has 2 aliphatic rings. The molecule has 0 fully saturated rings. The van der Waals surface area contributed by atoms with E-state index in [0.29, 0.717) is 11.8 Å². The molecule has 0 saturated carbocycles. The normalized spacial score (nSPS) is 21.0. The molecule has 0 amide bonds. The molecule has 21 heavy (non-hydrogen) atoms. The zero-order valence-corrected chi connectivity index (χ0v) is 14.5. The molecule has 4 rings (SSSR count). The smallest absolute Gasteiger partial charge is 0.00275 e. The summed E-state index contributed by atoms with van der Waals surface area (Å²) in [7, 11) is 0. The SMILES string of the molecule is C1=CC(CCC2C=Cc3ccccc32)c2ccccc21.[Zr]. The predicted molar refractivity (Wildman–Crippen MR) is 85.7 cm³/mol. The van der Waals surface area contributed by atoms with E-state index in [2.05, 4.69) is 72.8 Å². The molecule has 2 aromatic rings. The molecule has 0 nitrogen and oxygen atoms in total. The van der Waals surface area contributed by atoms with Gasteiger partial charge < -0.3 is 0 Å². The number of rotatable bonds is 3. The molecular weight excluding hydrogens is 331 g/mol. The molecular formula is C20H18Zr. The van der Waals surface area contributed by atoms with Crippen molar-refractivity contribution < 1.29 is 26.2 Å². The van der Waals surface area contributed by atoms with Gasteiger partial charge in [-0.3, -0.25) is 0 Å². The van der Waals surface area contributed by atoms with E-state index in [1.54, 1.807) is 0 Å². The summed E-state index contributed by atoms with van der Waals surface area (Å²) in [6.45, 7) is 0. The molecule has 0 radical (unpaired) electrons. The Morgan fingerprint density at radius 2 is 1.05 bits per heavy atom. The maximum atomic E-state index is 2.37. The van der Waals surface area contributed by atoms with Crippen molar-refractivity contribution in [1.82, 2.24) is 0 Å². The van der Waals surface area contributed by atoms with E-state index in [9.17, 15) is 0 Å². The molecule has 0 N–H and O–H groups in total. The summed E-state index contributed by atoms with van der Waals surface area (Å²) in [6, 6.07) is 17.6. The minimum absolute atomic E-state index is 0. The van der Waals surface area contributed by atoms with Gasteiger partial charge in [0, 0.05) is 38.0 Å². The van der Waals surface area contributed by atoms with Gasteiger partial charge in [0.25, 0.3) is 0 Å². The Balaban J connectivity index is 0.00000132. The zero-order valence-electron chi connectivity index (χ0n) is 12.0. The van der Waals surface area contributed by atoms with Crippen LogP contribution in [0, 0.1) is 0 Å². The summed E-state index contributed by atoms with van der Waals surface area (Å²) in [4.78, 5) is 0. The van der Waals surface area contributed by atoms with Gasteiger partial charge in [-0.15, -0.1) is 0 Å². The van der Waals surface area contributed by atoms with Crippen LogP contribution in [0.2, 0.25) is 0 Å². The van der Waals surface area contributed by atoms with Gasteiger partial charge >= 0.3 is 0 Å². The molecule has 0 saturated heterocycles. The van der Waals surface area contributed by atoms with E-state index in [-0.39, 0.29) is 26.2 Å². The van der Waals surface area contributed by atoms with Crippen molar-refractivity contribution in [3.05, 3.63) is 82.9 Å². The summed E-state index contributed by atoms with van der Waals surface area (Å²) in [5, 5.41) is 0. The maximum absolute atomic E-state index is 2.37. The summed E-state index contributed by atoms with van der Waals surface area (Å²) in [6.07, 6.45) is 11.8. The van der Waals surface area contributed by atoms with Crippen LogP contribution in [0.15, 0.2) is 60.7 Å². The van der Waals surface area contributed by atoms with Gasteiger partial charge in [0.1, 0.15) is 0 Å². The van der Waals surface area contributed by atoms with Gasteiger partial charge in [-0.2, -0.15) is 0 Å². The molecule has 0 heterocycles. The summed E-state index contributed by atoms with van der Waals surface area (Å²) in [5.74, 6) is 1.21. The van der Waals surface area contributed by atoms with Crippen LogP contribution in [0.25, 0.3) is 12.2 Å². The van der Waals surface area contributed by atoms with Gasteiger partial charge in [-0.25, -0.2) is 0 Å². The maximum Gasteiger partial charge on any atom is 0.00275 e. The first-order valence-corrected chi connectivity index (χ1v) is 7.46.